The van der Waals surface area contributed by atoms with E-state index in [0.29, 0.717) is 5.57 Å². The minimum absolute atomic E-state index is 0.00411. The molecule has 0 aromatic rings. The number of hydrogen-bond donors (Lipinski definition) is 4. The maximum atomic E-state index is 12.0. The molecule has 0 aliphatic carbocycles. The molecule has 0 radical (unpaired) electrons. The van der Waals surface area contributed by atoms with E-state index in [2.05, 4.69) is 5.32 Å². The maximum Gasteiger partial charge on any atom is 0.217 e. The van der Waals surface area contributed by atoms with Crippen LogP contribution in [0.4, 0.5) is 0 Å². The molecule has 5 atom stereocenters. The zero-order chi connectivity index (χ0) is 26.8. The lowest BCUT2D eigenvalue weighted by Gasteiger charge is -2.60. The average Bonchev–Trinajstić information content (AvgIpc) is 2.68. The van der Waals surface area contributed by atoms with Crippen molar-refractivity contribution < 1.29 is 39.1 Å². The van der Waals surface area contributed by atoms with Gasteiger partial charge in [0, 0.05) is 25.9 Å². The third kappa shape index (κ3) is 6.50. The van der Waals surface area contributed by atoms with Crippen molar-refractivity contribution in [3.05, 3.63) is 11.8 Å². The third-order valence-corrected chi connectivity index (χ3v) is 7.37. The van der Waals surface area contributed by atoms with Crippen molar-refractivity contribution in [3.63, 3.8) is 0 Å². The molecule has 1 unspecified atom stereocenters. The Bertz CT molecular complexity index is 727. The Morgan fingerprint density at radius 2 is 1.74 bits per heavy atom. The second kappa shape index (κ2) is 10.4. The number of aliphatic hydroxyl groups excluding tert-OH is 2. The quantitative estimate of drug-likeness (QED) is 0.326. The molecule has 0 spiro atoms. The summed E-state index contributed by atoms with van der Waals surface area (Å²) >= 11 is 0. The summed E-state index contributed by atoms with van der Waals surface area (Å²) in [5, 5.41) is 33.8. The van der Waals surface area contributed by atoms with Crippen LogP contribution in [0.1, 0.15) is 75.7 Å². The smallest absolute Gasteiger partial charge is 0.217 e. The molecule has 34 heavy (non-hydrogen) atoms. The Morgan fingerprint density at radius 3 is 2.15 bits per heavy atom. The molecule has 1 fully saturated rings. The van der Waals surface area contributed by atoms with Crippen molar-refractivity contribution in [3.8, 4) is 0 Å². The van der Waals surface area contributed by atoms with Gasteiger partial charge in [-0.2, -0.15) is 0 Å². The highest BCUT2D eigenvalue weighted by Gasteiger charge is 2.62. The molecule has 4 N–H and O–H groups in total. The van der Waals surface area contributed by atoms with E-state index in [1.54, 1.807) is 48.7 Å². The first-order valence-corrected chi connectivity index (χ1v) is 11.7. The Labute approximate surface area is 204 Å². The van der Waals surface area contributed by atoms with E-state index in [1.165, 1.54) is 6.92 Å². The maximum absolute atomic E-state index is 12.0. The molecule has 1 aliphatic heterocycles. The van der Waals surface area contributed by atoms with Gasteiger partial charge in [-0.05, 0) is 61.0 Å². The van der Waals surface area contributed by atoms with Crippen LogP contribution in [0.5, 0.6) is 0 Å². The van der Waals surface area contributed by atoms with Crippen LogP contribution >= 0.6 is 0 Å². The van der Waals surface area contributed by atoms with E-state index in [0.717, 1.165) is 6.26 Å². The first kappa shape index (κ1) is 30.8. The van der Waals surface area contributed by atoms with Crippen molar-refractivity contribution in [1.29, 1.82) is 0 Å². The molecule has 0 aromatic heterocycles. The van der Waals surface area contributed by atoms with Crippen LogP contribution in [-0.2, 0) is 23.7 Å². The van der Waals surface area contributed by atoms with Gasteiger partial charge >= 0.3 is 0 Å². The summed E-state index contributed by atoms with van der Waals surface area (Å²) in [6, 6.07) is -0.735. The normalized spacial score (nSPS) is 32.7. The monoisotopic (exact) mass is 489 g/mol. The molecular weight excluding hydrogens is 442 g/mol. The van der Waals surface area contributed by atoms with E-state index in [9.17, 15) is 20.1 Å². The summed E-state index contributed by atoms with van der Waals surface area (Å²) in [7, 11) is 1.55. The molecule has 0 aromatic carbocycles. The van der Waals surface area contributed by atoms with Crippen molar-refractivity contribution in [2.24, 2.45) is 5.41 Å². The van der Waals surface area contributed by atoms with Gasteiger partial charge < -0.3 is 39.6 Å². The minimum atomic E-state index is -1.20. The predicted molar refractivity (Wildman–Crippen MR) is 129 cm³/mol. The van der Waals surface area contributed by atoms with Gasteiger partial charge in [-0.15, -0.1) is 0 Å². The number of carbonyl (C=O) groups excluding carboxylic acids is 1. The standard InChI is InChI=1S/C25H47NO8/c1-17(12-27)19(26-18(2)29)22(7,33-20(3,4)14-28)15-32-16-23(8)21(5,6)34-25(10,31-11)13-24(23,9)30/h12,19,27-28,30H,13-16H2,1-11H3,(H,26,29)/b17-12+/t19-,22+,23?,24+,25-/m0/s1. The molecule has 0 saturated carbocycles. The molecule has 1 saturated heterocycles. The summed E-state index contributed by atoms with van der Waals surface area (Å²) in [5.41, 5.74) is -4.50. The number of nitrogens with one attached hydrogen (secondary N) is 1. The van der Waals surface area contributed by atoms with Crippen molar-refractivity contribution in [2.45, 2.75) is 110 Å². The Kier molecular flexibility index (Phi) is 9.42. The summed E-state index contributed by atoms with van der Waals surface area (Å²) in [6.07, 6.45) is 1.16. The lowest BCUT2D eigenvalue weighted by Crippen LogP contribution is -2.69. The van der Waals surface area contributed by atoms with Crippen molar-refractivity contribution in [1.82, 2.24) is 5.32 Å². The Morgan fingerprint density at radius 1 is 1.18 bits per heavy atom. The summed E-state index contributed by atoms with van der Waals surface area (Å²) in [4.78, 5) is 12.0. The molecular formula is C25H47NO8. The second-order valence-corrected chi connectivity index (χ2v) is 11.6. The van der Waals surface area contributed by atoms with Gasteiger partial charge in [0.1, 0.15) is 5.60 Å². The van der Waals surface area contributed by atoms with Gasteiger partial charge in [-0.3, -0.25) is 4.79 Å². The van der Waals surface area contributed by atoms with Crippen LogP contribution in [0.15, 0.2) is 11.8 Å². The summed E-state index contributed by atoms with van der Waals surface area (Å²) in [5.74, 6) is -1.26. The van der Waals surface area contributed by atoms with Crippen LogP contribution in [-0.4, -0.2) is 82.4 Å². The zero-order valence-electron chi connectivity index (χ0n) is 22.9. The zero-order valence-corrected chi connectivity index (χ0v) is 22.9. The summed E-state index contributed by atoms with van der Waals surface area (Å²) in [6.45, 7) is 17.3. The highest BCUT2D eigenvalue weighted by atomic mass is 16.7. The fourth-order valence-electron chi connectivity index (χ4n) is 4.92. The minimum Gasteiger partial charge on any atom is -0.516 e. The first-order valence-electron chi connectivity index (χ1n) is 11.7. The van der Waals surface area contributed by atoms with Crippen molar-refractivity contribution in [2.75, 3.05) is 26.9 Å². The lowest BCUT2D eigenvalue weighted by atomic mass is 9.60. The number of amides is 1. The molecule has 200 valence electrons. The first-order chi connectivity index (χ1) is 15.2. The molecule has 1 aliphatic rings. The fourth-order valence-corrected chi connectivity index (χ4v) is 4.92. The molecule has 9 nitrogen and oxygen atoms in total. The van der Waals surface area contributed by atoms with Crippen LogP contribution in [0, 0.1) is 5.41 Å². The second-order valence-electron chi connectivity index (χ2n) is 11.6. The highest BCUT2D eigenvalue weighted by Crippen LogP contribution is 2.53. The fraction of sp³-hybridized carbons (Fsp3) is 0.880. The predicted octanol–water partition coefficient (Wildman–Crippen LogP) is 2.83. The van der Waals surface area contributed by atoms with Crippen molar-refractivity contribution >= 4 is 5.91 Å². The Hall–Kier alpha value is -1.23. The molecule has 9 heteroatoms. The van der Waals surface area contributed by atoms with Crippen LogP contribution < -0.4 is 5.32 Å². The molecule has 0 bridgehead atoms. The van der Waals surface area contributed by atoms with Gasteiger partial charge in [-0.1, -0.05) is 6.92 Å². The number of rotatable bonds is 11. The van der Waals surface area contributed by atoms with E-state index < -0.39 is 39.6 Å². The number of aliphatic hydroxyl groups is 3. The number of hydrogen-bond acceptors (Lipinski definition) is 8. The van der Waals surface area contributed by atoms with Gasteiger partial charge in [0.25, 0.3) is 0 Å². The molecule has 1 amide bonds. The molecule has 1 heterocycles. The van der Waals surface area contributed by atoms with Gasteiger partial charge in [0.05, 0.1) is 48.9 Å². The topological polar surface area (TPSA) is 127 Å². The highest BCUT2D eigenvalue weighted by molar-refractivity contribution is 5.73. The van der Waals surface area contributed by atoms with E-state index in [-0.39, 0.29) is 32.1 Å². The average molecular weight is 490 g/mol. The number of methoxy groups -OCH3 is 1. The van der Waals surface area contributed by atoms with Gasteiger partial charge in [0.2, 0.25) is 5.91 Å². The number of ether oxygens (including phenoxy) is 4. The molecule has 1 rings (SSSR count). The van der Waals surface area contributed by atoms with Crippen LogP contribution in [0.2, 0.25) is 0 Å². The van der Waals surface area contributed by atoms with Gasteiger partial charge in [-0.25, -0.2) is 0 Å². The summed E-state index contributed by atoms with van der Waals surface area (Å²) < 4.78 is 24.3. The van der Waals surface area contributed by atoms with Crippen LogP contribution in [0.25, 0.3) is 0 Å². The third-order valence-electron chi connectivity index (χ3n) is 7.37. The SMILES string of the molecule is CO[C@]1(C)C[C@@](C)(O)C(C)(COC[C@@](C)(OC(C)(C)CO)[C@@H](NC(C)=O)/C(C)=C/O)C(C)(C)O1. The van der Waals surface area contributed by atoms with Crippen LogP contribution in [0.3, 0.4) is 0 Å². The largest absolute Gasteiger partial charge is 0.516 e. The van der Waals surface area contributed by atoms with E-state index in [1.807, 2.05) is 20.8 Å². The van der Waals surface area contributed by atoms with E-state index >= 15 is 0 Å². The van der Waals surface area contributed by atoms with Gasteiger partial charge in [0.15, 0.2) is 5.79 Å². The number of carbonyl (C=O) groups is 1. The lowest BCUT2D eigenvalue weighted by molar-refractivity contribution is -0.371. The Balaban J connectivity index is 3.29. The van der Waals surface area contributed by atoms with E-state index in [4.69, 9.17) is 18.9 Å².